The Morgan fingerprint density at radius 3 is 2.38 bits per heavy atom. The Morgan fingerprint density at radius 2 is 1.75 bits per heavy atom. The number of sulfonamides is 1. The Balaban J connectivity index is 2.11. The van der Waals surface area contributed by atoms with Gasteiger partial charge in [0.1, 0.15) is 0 Å². The van der Waals surface area contributed by atoms with E-state index in [-0.39, 0.29) is 11.3 Å². The van der Waals surface area contributed by atoms with Crippen LogP contribution < -0.4 is 0 Å². The molecule has 5 heteroatoms. The van der Waals surface area contributed by atoms with Crippen LogP contribution in [-0.2, 0) is 10.0 Å². The monoisotopic (exact) mass is 265 g/mol. The number of hydrogen-bond acceptors (Lipinski definition) is 2. The molecule has 1 atom stereocenters. The zero-order valence-electron chi connectivity index (χ0n) is 9.57. The molecule has 0 aromatic rings. The lowest BCUT2D eigenvalue weighted by Gasteiger charge is -2.29. The van der Waals surface area contributed by atoms with Gasteiger partial charge in [-0.1, -0.05) is 19.3 Å². The summed E-state index contributed by atoms with van der Waals surface area (Å²) < 4.78 is 26.5. The van der Waals surface area contributed by atoms with Gasteiger partial charge in [0, 0.05) is 18.5 Å². The fraction of sp³-hybridized carbons (Fsp3) is 1.00. The third kappa shape index (κ3) is 2.39. The summed E-state index contributed by atoms with van der Waals surface area (Å²) in [6.45, 7) is 0.677. The van der Waals surface area contributed by atoms with Gasteiger partial charge in [-0.3, -0.25) is 0 Å². The fourth-order valence-corrected chi connectivity index (χ4v) is 5.55. The van der Waals surface area contributed by atoms with Crippen molar-refractivity contribution in [2.75, 3.05) is 12.4 Å². The second kappa shape index (κ2) is 5.23. The van der Waals surface area contributed by atoms with E-state index in [0.29, 0.717) is 12.4 Å². The largest absolute Gasteiger partial charge is 0.217 e. The molecule has 1 unspecified atom stereocenters. The zero-order chi connectivity index (χ0) is 11.6. The molecule has 3 nitrogen and oxygen atoms in total. The second-order valence-corrected chi connectivity index (χ2v) is 7.34. The van der Waals surface area contributed by atoms with Crippen LogP contribution in [0.3, 0.4) is 0 Å². The third-order valence-corrected chi connectivity index (χ3v) is 6.61. The van der Waals surface area contributed by atoms with E-state index in [1.165, 1.54) is 6.42 Å². The van der Waals surface area contributed by atoms with Crippen LogP contribution in [0, 0.1) is 0 Å². The van der Waals surface area contributed by atoms with Gasteiger partial charge in [-0.25, -0.2) is 8.42 Å². The van der Waals surface area contributed by atoms with Gasteiger partial charge in [0.2, 0.25) is 10.0 Å². The SMILES string of the molecule is O=S(=O)(C1CCCCC1)N1CCCC1CCl. The first kappa shape index (κ1) is 12.7. The minimum Gasteiger partial charge on any atom is -0.212 e. The topological polar surface area (TPSA) is 37.4 Å². The van der Waals surface area contributed by atoms with E-state index in [9.17, 15) is 8.42 Å². The van der Waals surface area contributed by atoms with Crippen molar-refractivity contribution in [3.05, 3.63) is 0 Å². The van der Waals surface area contributed by atoms with Crippen LogP contribution in [0.2, 0.25) is 0 Å². The average Bonchev–Trinajstić information content (AvgIpc) is 2.79. The maximum atomic E-state index is 12.4. The maximum Gasteiger partial charge on any atom is 0.217 e. The molecule has 2 fully saturated rings. The van der Waals surface area contributed by atoms with Crippen LogP contribution >= 0.6 is 11.6 Å². The van der Waals surface area contributed by atoms with E-state index < -0.39 is 10.0 Å². The van der Waals surface area contributed by atoms with Crippen molar-refractivity contribution in [3.8, 4) is 0 Å². The number of nitrogens with zero attached hydrogens (tertiary/aromatic N) is 1. The molecule has 1 aliphatic carbocycles. The third-order valence-electron chi connectivity index (χ3n) is 3.80. The quantitative estimate of drug-likeness (QED) is 0.735. The molecule has 0 spiro atoms. The lowest BCUT2D eigenvalue weighted by Crippen LogP contribution is -2.43. The predicted molar refractivity (Wildman–Crippen MR) is 66.2 cm³/mol. The average molecular weight is 266 g/mol. The van der Waals surface area contributed by atoms with Gasteiger partial charge in [0.25, 0.3) is 0 Å². The van der Waals surface area contributed by atoms with Crippen LogP contribution in [-0.4, -0.2) is 36.4 Å². The molecule has 16 heavy (non-hydrogen) atoms. The number of halogens is 1. The van der Waals surface area contributed by atoms with Crippen molar-refractivity contribution >= 4 is 21.6 Å². The van der Waals surface area contributed by atoms with Crippen LogP contribution in [0.25, 0.3) is 0 Å². The highest BCUT2D eigenvalue weighted by atomic mass is 35.5. The van der Waals surface area contributed by atoms with E-state index in [1.807, 2.05) is 0 Å². The van der Waals surface area contributed by atoms with Crippen molar-refractivity contribution in [3.63, 3.8) is 0 Å². The lowest BCUT2D eigenvalue weighted by atomic mass is 10.0. The van der Waals surface area contributed by atoms with E-state index in [0.717, 1.165) is 38.5 Å². The minimum atomic E-state index is -3.07. The van der Waals surface area contributed by atoms with Crippen LogP contribution in [0.15, 0.2) is 0 Å². The Kier molecular flexibility index (Phi) is 4.14. The molecule has 1 saturated carbocycles. The first-order chi connectivity index (χ1) is 7.66. The molecule has 2 aliphatic rings. The molecule has 1 saturated heterocycles. The van der Waals surface area contributed by atoms with Gasteiger partial charge < -0.3 is 0 Å². The standard InChI is InChI=1S/C11H20ClNO2S/c12-9-10-5-4-8-13(10)16(14,15)11-6-2-1-3-7-11/h10-11H,1-9H2. The highest BCUT2D eigenvalue weighted by Crippen LogP contribution is 2.30. The van der Waals surface area contributed by atoms with E-state index >= 15 is 0 Å². The Morgan fingerprint density at radius 1 is 1.06 bits per heavy atom. The summed E-state index contributed by atoms with van der Waals surface area (Å²) in [7, 11) is -3.07. The molecule has 0 aromatic carbocycles. The van der Waals surface area contributed by atoms with Crippen molar-refractivity contribution in [2.45, 2.75) is 56.2 Å². The summed E-state index contributed by atoms with van der Waals surface area (Å²) in [5, 5.41) is -0.134. The number of rotatable bonds is 3. The van der Waals surface area contributed by atoms with Crippen LogP contribution in [0.5, 0.6) is 0 Å². The Labute approximate surface area is 103 Å². The minimum absolute atomic E-state index is 0.0496. The summed E-state index contributed by atoms with van der Waals surface area (Å²) >= 11 is 5.84. The molecular formula is C11H20ClNO2S. The summed E-state index contributed by atoms with van der Waals surface area (Å²) in [5.74, 6) is 0.436. The molecule has 0 N–H and O–H groups in total. The summed E-state index contributed by atoms with van der Waals surface area (Å²) in [4.78, 5) is 0. The number of hydrogen-bond donors (Lipinski definition) is 0. The Hall–Kier alpha value is 0.200. The Bertz CT molecular complexity index is 325. The van der Waals surface area contributed by atoms with Gasteiger partial charge in [-0.15, -0.1) is 11.6 Å². The first-order valence-electron chi connectivity index (χ1n) is 6.23. The van der Waals surface area contributed by atoms with Gasteiger partial charge in [0.05, 0.1) is 5.25 Å². The summed E-state index contributed by atoms with van der Waals surface area (Å²) in [6, 6.07) is 0.0496. The first-order valence-corrected chi connectivity index (χ1v) is 8.26. The molecule has 0 bridgehead atoms. The molecule has 94 valence electrons. The normalized spacial score (nSPS) is 29.7. The van der Waals surface area contributed by atoms with Crippen molar-refractivity contribution in [2.24, 2.45) is 0 Å². The van der Waals surface area contributed by atoms with Gasteiger partial charge >= 0.3 is 0 Å². The second-order valence-electron chi connectivity index (χ2n) is 4.87. The van der Waals surface area contributed by atoms with E-state index in [4.69, 9.17) is 11.6 Å². The molecule has 1 heterocycles. The fourth-order valence-electron chi connectivity index (χ4n) is 2.85. The molecule has 0 aromatic heterocycles. The van der Waals surface area contributed by atoms with Gasteiger partial charge in [0.15, 0.2) is 0 Å². The summed E-state index contributed by atoms with van der Waals surface area (Å²) in [5.41, 5.74) is 0. The molecule has 0 radical (unpaired) electrons. The number of alkyl halides is 1. The predicted octanol–water partition coefficient (Wildman–Crippen LogP) is 2.35. The zero-order valence-corrected chi connectivity index (χ0v) is 11.1. The van der Waals surface area contributed by atoms with Gasteiger partial charge in [-0.2, -0.15) is 4.31 Å². The van der Waals surface area contributed by atoms with Crippen LogP contribution in [0.4, 0.5) is 0 Å². The molecule has 2 rings (SSSR count). The molecule has 0 amide bonds. The van der Waals surface area contributed by atoms with Crippen molar-refractivity contribution < 1.29 is 8.42 Å². The molecule has 1 aliphatic heterocycles. The van der Waals surface area contributed by atoms with E-state index in [2.05, 4.69) is 0 Å². The van der Waals surface area contributed by atoms with Crippen molar-refractivity contribution in [1.29, 1.82) is 0 Å². The highest BCUT2D eigenvalue weighted by molar-refractivity contribution is 7.89. The highest BCUT2D eigenvalue weighted by Gasteiger charge is 2.38. The lowest BCUT2D eigenvalue weighted by molar-refractivity contribution is 0.386. The maximum absolute atomic E-state index is 12.4. The smallest absolute Gasteiger partial charge is 0.212 e. The van der Waals surface area contributed by atoms with Crippen molar-refractivity contribution in [1.82, 2.24) is 4.31 Å². The van der Waals surface area contributed by atoms with Gasteiger partial charge in [-0.05, 0) is 25.7 Å². The van der Waals surface area contributed by atoms with Crippen LogP contribution in [0.1, 0.15) is 44.9 Å². The molecular weight excluding hydrogens is 246 g/mol. The summed E-state index contributed by atoms with van der Waals surface area (Å²) in [6.07, 6.45) is 6.87. The van der Waals surface area contributed by atoms with E-state index in [1.54, 1.807) is 4.31 Å².